The first-order valence-corrected chi connectivity index (χ1v) is 13.4. The molecule has 1 N–H and O–H groups in total. The van der Waals surface area contributed by atoms with Gasteiger partial charge in [0.05, 0.1) is 0 Å². The number of nitrogens with one attached hydrogen (secondary N) is 1. The predicted molar refractivity (Wildman–Crippen MR) is 128 cm³/mol. The van der Waals surface area contributed by atoms with E-state index in [9.17, 15) is 35.9 Å². The maximum atomic E-state index is 13.6. The summed E-state index contributed by atoms with van der Waals surface area (Å²) in [5.41, 5.74) is -0.596. The lowest BCUT2D eigenvalue weighted by Gasteiger charge is -2.61. The van der Waals surface area contributed by atoms with Crippen LogP contribution in [0.4, 0.5) is 26.3 Å². The first kappa shape index (κ1) is 28.4. The maximum absolute atomic E-state index is 13.6. The number of hydrogen-bond donors (Lipinski definition) is 1. The van der Waals surface area contributed by atoms with Crippen molar-refractivity contribution in [1.82, 2.24) is 15.1 Å². The first-order valence-electron chi connectivity index (χ1n) is 13.0. The Hall–Kier alpha value is -1.59. The highest BCUT2D eigenvalue weighted by Gasteiger charge is 2.62. The highest BCUT2D eigenvalue weighted by molar-refractivity contribution is 7.80. The minimum atomic E-state index is -4.81. The van der Waals surface area contributed by atoms with Gasteiger partial charge in [-0.25, -0.2) is 0 Å². The summed E-state index contributed by atoms with van der Waals surface area (Å²) in [5.74, 6) is -0.644. The van der Waals surface area contributed by atoms with Gasteiger partial charge in [0.15, 0.2) is 5.11 Å². The molecule has 5 nitrogen and oxygen atoms in total. The summed E-state index contributed by atoms with van der Waals surface area (Å²) in [6, 6.07) is 0.164. The average molecular weight is 556 g/mol. The number of piperidine rings is 1. The van der Waals surface area contributed by atoms with E-state index in [0.29, 0.717) is 42.4 Å². The third-order valence-corrected chi connectivity index (χ3v) is 10.5. The molecular weight excluding hydrogens is 520 g/mol. The van der Waals surface area contributed by atoms with Crippen LogP contribution in [0, 0.1) is 34.5 Å². The fourth-order valence-electron chi connectivity index (χ4n) is 8.44. The van der Waals surface area contributed by atoms with Crippen molar-refractivity contribution in [2.24, 2.45) is 34.5 Å². The van der Waals surface area contributed by atoms with Gasteiger partial charge < -0.3 is 10.2 Å². The number of thiocarbonyl (C=S) groups is 1. The monoisotopic (exact) mass is 555 g/mol. The van der Waals surface area contributed by atoms with Gasteiger partial charge >= 0.3 is 12.4 Å². The Kier molecular flexibility index (Phi) is 7.34. The molecule has 0 spiro atoms. The van der Waals surface area contributed by atoms with Gasteiger partial charge in [0, 0.05) is 25.4 Å². The fraction of sp³-hybridized carbons (Fsp3) is 0.880. The third-order valence-electron chi connectivity index (χ3n) is 10.1. The number of hydrogen-bond acceptors (Lipinski definition) is 3. The molecule has 210 valence electrons. The Morgan fingerprint density at radius 3 is 2.27 bits per heavy atom. The van der Waals surface area contributed by atoms with Gasteiger partial charge in [0.25, 0.3) is 0 Å². The number of amides is 2. The molecule has 1 heterocycles. The topological polar surface area (TPSA) is 52.7 Å². The summed E-state index contributed by atoms with van der Waals surface area (Å²) in [6.07, 6.45) is -3.90. The van der Waals surface area contributed by atoms with Crippen molar-refractivity contribution in [2.45, 2.75) is 83.6 Å². The molecule has 0 aromatic carbocycles. The Bertz CT molecular complexity index is 942. The smallest absolute Gasteiger partial charge is 0.353 e. The van der Waals surface area contributed by atoms with E-state index in [1.165, 1.54) is 0 Å². The number of halogens is 6. The van der Waals surface area contributed by atoms with Gasteiger partial charge in [-0.1, -0.05) is 13.8 Å². The van der Waals surface area contributed by atoms with Gasteiger partial charge in [-0.15, -0.1) is 0 Å². The predicted octanol–water partition coefficient (Wildman–Crippen LogP) is 5.29. The molecule has 3 aliphatic carbocycles. The second kappa shape index (κ2) is 9.55. The molecule has 0 aromatic heterocycles. The van der Waals surface area contributed by atoms with Crippen molar-refractivity contribution in [1.29, 1.82) is 0 Å². The average Bonchev–Trinajstić information content (AvgIpc) is 3.14. The molecule has 4 aliphatic rings. The standard InChI is InChI=1S/C25H35F6N3O2S/c1-22-10-8-16-14(4-7-18-23(16,2)11-9-19(35)33(18)3)15(22)5-6-17(22)20(36)34(13-25(29,30)31)21(37)32-12-24(26,27)28/h14-18H,4-13H2,1-3H3,(H,32,37)/t14-,15-,16-,17+,18+,22-,23+/m0/s1. The number of nitrogens with zero attached hydrogens (tertiary/aromatic N) is 2. The number of rotatable bonds is 3. The zero-order valence-corrected chi connectivity index (χ0v) is 22.2. The molecule has 1 aliphatic heterocycles. The molecule has 0 bridgehead atoms. The SMILES string of the molecule is CN1C(=O)CC[C@]2(C)[C@H]3CC[C@]4(C)[C@@H](C(=O)N(CC(F)(F)F)C(=S)NCC(F)(F)F)CC[C@H]4[C@@H]3CC[C@@H]12. The van der Waals surface area contributed by atoms with Gasteiger partial charge in [0.1, 0.15) is 13.1 Å². The largest absolute Gasteiger partial charge is 0.406 e. The normalized spacial score (nSPS) is 37.9. The lowest BCUT2D eigenvalue weighted by Crippen LogP contribution is -2.61. The van der Waals surface area contributed by atoms with Crippen molar-refractivity contribution in [3.05, 3.63) is 0 Å². The van der Waals surface area contributed by atoms with Crippen LogP contribution in [0.2, 0.25) is 0 Å². The van der Waals surface area contributed by atoms with E-state index in [1.807, 2.05) is 18.9 Å². The molecule has 4 fully saturated rings. The molecule has 1 saturated heterocycles. The molecule has 37 heavy (non-hydrogen) atoms. The number of carbonyl (C=O) groups is 2. The summed E-state index contributed by atoms with van der Waals surface area (Å²) in [4.78, 5) is 28.1. The molecule has 4 rings (SSSR count). The van der Waals surface area contributed by atoms with Crippen LogP contribution in [0.5, 0.6) is 0 Å². The van der Waals surface area contributed by atoms with Crippen molar-refractivity contribution in [2.75, 3.05) is 20.1 Å². The lowest BCUT2D eigenvalue weighted by molar-refractivity contribution is -0.165. The second-order valence-corrected chi connectivity index (χ2v) is 12.4. The molecular formula is C25H35F6N3O2S. The number of likely N-dealkylation sites (tertiary alicyclic amines) is 1. The minimum absolute atomic E-state index is 0.0413. The van der Waals surface area contributed by atoms with Crippen LogP contribution in [0.15, 0.2) is 0 Å². The van der Waals surface area contributed by atoms with E-state index >= 15 is 0 Å². The van der Waals surface area contributed by atoms with E-state index in [4.69, 9.17) is 12.2 Å². The quantitative estimate of drug-likeness (QED) is 0.380. The van der Waals surface area contributed by atoms with Crippen LogP contribution in [0.3, 0.4) is 0 Å². The van der Waals surface area contributed by atoms with E-state index in [1.54, 1.807) is 5.32 Å². The molecule has 0 radical (unpaired) electrons. The summed E-state index contributed by atoms with van der Waals surface area (Å²) in [6.45, 7) is 0.886. The Labute approximate surface area is 218 Å². The van der Waals surface area contributed by atoms with Crippen LogP contribution < -0.4 is 5.32 Å². The molecule has 3 saturated carbocycles. The van der Waals surface area contributed by atoms with E-state index in [-0.39, 0.29) is 23.3 Å². The Morgan fingerprint density at radius 2 is 1.65 bits per heavy atom. The minimum Gasteiger partial charge on any atom is -0.353 e. The van der Waals surface area contributed by atoms with Crippen LogP contribution in [0.25, 0.3) is 0 Å². The van der Waals surface area contributed by atoms with Crippen LogP contribution in [-0.4, -0.2) is 65.3 Å². The van der Waals surface area contributed by atoms with E-state index in [2.05, 4.69) is 6.92 Å². The molecule has 7 atom stereocenters. The highest BCUT2D eigenvalue weighted by Crippen LogP contribution is 2.66. The van der Waals surface area contributed by atoms with Gasteiger partial charge in [0.2, 0.25) is 11.8 Å². The molecule has 12 heteroatoms. The lowest BCUT2D eigenvalue weighted by atomic mass is 9.47. The van der Waals surface area contributed by atoms with Crippen LogP contribution in [-0.2, 0) is 9.59 Å². The zero-order valence-electron chi connectivity index (χ0n) is 21.3. The highest BCUT2D eigenvalue weighted by atomic mass is 32.1. The van der Waals surface area contributed by atoms with Gasteiger partial charge in [-0.05, 0) is 85.7 Å². The Balaban J connectivity index is 1.55. The van der Waals surface area contributed by atoms with Crippen LogP contribution in [0.1, 0.15) is 65.2 Å². The number of carbonyl (C=O) groups excluding carboxylic acids is 2. The molecule has 2 amide bonds. The summed E-state index contributed by atoms with van der Waals surface area (Å²) >= 11 is 4.86. The van der Waals surface area contributed by atoms with Crippen molar-refractivity contribution in [3.8, 4) is 0 Å². The van der Waals surface area contributed by atoms with Gasteiger partial charge in [-0.3, -0.25) is 14.5 Å². The first-order chi connectivity index (χ1) is 17.0. The molecule has 0 unspecified atom stereocenters. The zero-order chi connectivity index (χ0) is 27.6. The van der Waals surface area contributed by atoms with E-state index < -0.39 is 47.8 Å². The van der Waals surface area contributed by atoms with Crippen molar-refractivity contribution in [3.63, 3.8) is 0 Å². The van der Waals surface area contributed by atoms with Crippen LogP contribution >= 0.6 is 12.2 Å². The fourth-order valence-corrected chi connectivity index (χ4v) is 8.67. The van der Waals surface area contributed by atoms with Gasteiger partial charge in [-0.2, -0.15) is 26.3 Å². The summed E-state index contributed by atoms with van der Waals surface area (Å²) in [5, 5.41) is 0.958. The van der Waals surface area contributed by atoms with E-state index in [0.717, 1.165) is 25.7 Å². The summed E-state index contributed by atoms with van der Waals surface area (Å²) < 4.78 is 78.2. The number of alkyl halides is 6. The number of fused-ring (bicyclic) bond motifs is 5. The third kappa shape index (κ3) is 5.20. The van der Waals surface area contributed by atoms with Crippen molar-refractivity contribution >= 4 is 29.1 Å². The second-order valence-electron chi connectivity index (χ2n) is 12.0. The Morgan fingerprint density at radius 1 is 1.00 bits per heavy atom. The maximum Gasteiger partial charge on any atom is 0.406 e. The van der Waals surface area contributed by atoms with Crippen molar-refractivity contribution < 1.29 is 35.9 Å². The summed E-state index contributed by atoms with van der Waals surface area (Å²) in [7, 11) is 1.87. The molecule has 0 aromatic rings.